The molecule has 0 amide bonds. The second-order valence-electron chi connectivity index (χ2n) is 9.16. The third-order valence-electron chi connectivity index (χ3n) is 6.95. The second-order valence-corrected chi connectivity index (χ2v) is 9.16. The lowest BCUT2D eigenvalue weighted by atomic mass is 10.0. The zero-order valence-electron chi connectivity index (χ0n) is 18.7. The van der Waals surface area contributed by atoms with Crippen LogP contribution in [0.15, 0.2) is 52.3 Å². The molecule has 2 aromatic heterocycles. The topological polar surface area (TPSA) is 90.2 Å². The van der Waals surface area contributed by atoms with Gasteiger partial charge in [0.05, 0.1) is 17.8 Å². The summed E-state index contributed by atoms with van der Waals surface area (Å²) in [4.78, 5) is 33.3. The number of anilines is 4. The van der Waals surface area contributed by atoms with E-state index in [0.717, 1.165) is 18.6 Å². The van der Waals surface area contributed by atoms with Gasteiger partial charge in [-0.05, 0) is 49.6 Å². The molecule has 35 heavy (non-hydrogen) atoms. The third kappa shape index (κ3) is 3.56. The Labute approximate surface area is 198 Å². The molecule has 6 rings (SSSR count). The normalized spacial score (nSPS) is 20.4. The Balaban J connectivity index is 1.43. The lowest BCUT2D eigenvalue weighted by molar-refractivity contribution is 0.198. The number of hydrogen-bond acceptors (Lipinski definition) is 7. The van der Waals surface area contributed by atoms with E-state index in [1.807, 2.05) is 23.2 Å². The number of aliphatic hydroxyl groups is 1. The van der Waals surface area contributed by atoms with Gasteiger partial charge in [0.2, 0.25) is 0 Å². The predicted molar refractivity (Wildman–Crippen MR) is 128 cm³/mol. The minimum atomic E-state index is -0.630. The van der Waals surface area contributed by atoms with E-state index in [2.05, 4.69) is 5.32 Å². The van der Waals surface area contributed by atoms with Crippen LogP contribution in [0.5, 0.6) is 0 Å². The van der Waals surface area contributed by atoms with Gasteiger partial charge in [0.25, 0.3) is 10.9 Å². The van der Waals surface area contributed by atoms with E-state index < -0.39 is 34.6 Å². The summed E-state index contributed by atoms with van der Waals surface area (Å²) in [5.74, 6) is -0.510. The van der Waals surface area contributed by atoms with Gasteiger partial charge in [-0.3, -0.25) is 9.59 Å². The van der Waals surface area contributed by atoms with Gasteiger partial charge < -0.3 is 24.6 Å². The van der Waals surface area contributed by atoms with E-state index in [-0.39, 0.29) is 23.5 Å². The fourth-order valence-corrected chi connectivity index (χ4v) is 5.25. The largest absolute Gasteiger partial charge is 0.391 e. The number of hydrogen-bond donors (Lipinski definition) is 2. The van der Waals surface area contributed by atoms with Gasteiger partial charge in [0.15, 0.2) is 5.82 Å². The van der Waals surface area contributed by atoms with Crippen LogP contribution < -0.4 is 26.0 Å². The quantitative estimate of drug-likeness (QED) is 0.426. The molecule has 4 heterocycles. The zero-order chi connectivity index (χ0) is 24.3. The molecule has 2 fully saturated rings. The van der Waals surface area contributed by atoms with Gasteiger partial charge in [0.1, 0.15) is 28.7 Å². The maximum Gasteiger partial charge on any atom is 0.253 e. The lowest BCUT2D eigenvalue weighted by Crippen LogP contribution is -2.41. The van der Waals surface area contributed by atoms with E-state index in [4.69, 9.17) is 4.98 Å². The Bertz CT molecular complexity index is 1510. The molecule has 0 radical (unpaired) electrons. The summed E-state index contributed by atoms with van der Waals surface area (Å²) in [5.41, 5.74) is 0.597. The zero-order valence-corrected chi connectivity index (χ0v) is 18.7. The van der Waals surface area contributed by atoms with Gasteiger partial charge in [-0.2, -0.15) is 0 Å². The highest BCUT2D eigenvalue weighted by Crippen LogP contribution is 2.41. The summed E-state index contributed by atoms with van der Waals surface area (Å²) in [6, 6.07) is 6.67. The molecular weight excluding hydrogens is 456 g/mol. The average molecular weight is 479 g/mol. The first-order valence-corrected chi connectivity index (χ1v) is 11.6. The molecule has 8 nitrogen and oxygen atoms in total. The monoisotopic (exact) mass is 479 g/mol. The number of halogens is 2. The molecule has 180 valence electrons. The highest BCUT2D eigenvalue weighted by molar-refractivity contribution is 5.84. The molecule has 2 aliphatic rings. The number of nitrogens with zero attached hydrogens (tertiary/aromatic N) is 4. The van der Waals surface area contributed by atoms with E-state index in [1.54, 1.807) is 15.5 Å². The van der Waals surface area contributed by atoms with Gasteiger partial charge in [-0.1, -0.05) is 0 Å². The SMILES string of the molecule is O=c1c(Nc2cn3cccc3nc2N2CCC[C@@H]2c2cc(F)ccc2F)c(N2CC[C@H](O)C2)c1=O. The summed E-state index contributed by atoms with van der Waals surface area (Å²) < 4.78 is 30.5. The van der Waals surface area contributed by atoms with Crippen molar-refractivity contribution < 1.29 is 13.9 Å². The fourth-order valence-electron chi connectivity index (χ4n) is 5.25. The highest BCUT2D eigenvalue weighted by atomic mass is 19.1. The number of β-amino-alcohol motifs (C(OH)–C–C–N with tert-alkyl or cyclic N) is 1. The molecule has 0 unspecified atom stereocenters. The van der Waals surface area contributed by atoms with Crippen molar-refractivity contribution in [2.45, 2.75) is 31.4 Å². The summed E-state index contributed by atoms with van der Waals surface area (Å²) in [6.45, 7) is 1.33. The molecule has 2 saturated heterocycles. The van der Waals surface area contributed by atoms with Crippen LogP contribution in [0.3, 0.4) is 0 Å². The van der Waals surface area contributed by atoms with Crippen LogP contribution in [0.4, 0.5) is 31.7 Å². The number of fused-ring (bicyclic) bond motifs is 1. The molecule has 0 bridgehead atoms. The maximum atomic E-state index is 14.7. The summed E-state index contributed by atoms with van der Waals surface area (Å²) in [6.07, 6.45) is 4.93. The molecule has 2 N–H and O–H groups in total. The van der Waals surface area contributed by atoms with E-state index in [9.17, 15) is 23.5 Å². The summed E-state index contributed by atoms with van der Waals surface area (Å²) in [5, 5.41) is 13.0. The molecule has 2 atom stereocenters. The Morgan fingerprint density at radius 3 is 2.74 bits per heavy atom. The van der Waals surface area contributed by atoms with Crippen LogP contribution in [0.1, 0.15) is 30.9 Å². The predicted octanol–water partition coefficient (Wildman–Crippen LogP) is 2.86. The first kappa shape index (κ1) is 21.7. The lowest BCUT2D eigenvalue weighted by Gasteiger charge is -2.29. The van der Waals surface area contributed by atoms with E-state index in [0.29, 0.717) is 43.1 Å². The van der Waals surface area contributed by atoms with Crippen molar-refractivity contribution in [2.24, 2.45) is 0 Å². The van der Waals surface area contributed by atoms with Gasteiger partial charge in [-0.15, -0.1) is 0 Å². The van der Waals surface area contributed by atoms with E-state index in [1.165, 1.54) is 6.07 Å². The number of benzene rings is 1. The van der Waals surface area contributed by atoms with Crippen LogP contribution >= 0.6 is 0 Å². The summed E-state index contributed by atoms with van der Waals surface area (Å²) >= 11 is 0. The highest BCUT2D eigenvalue weighted by Gasteiger charge is 2.34. The smallest absolute Gasteiger partial charge is 0.253 e. The number of aliphatic hydroxyl groups excluding tert-OH is 1. The second kappa shape index (κ2) is 8.16. The van der Waals surface area contributed by atoms with Crippen molar-refractivity contribution in [3.8, 4) is 0 Å². The van der Waals surface area contributed by atoms with Crippen molar-refractivity contribution in [2.75, 3.05) is 34.8 Å². The molecule has 2 aliphatic heterocycles. The molecule has 0 aliphatic carbocycles. The fraction of sp³-hybridized carbons (Fsp3) is 0.320. The van der Waals surface area contributed by atoms with Crippen LogP contribution in [-0.4, -0.2) is 40.2 Å². The van der Waals surface area contributed by atoms with Crippen molar-refractivity contribution in [1.29, 1.82) is 0 Å². The van der Waals surface area contributed by atoms with Crippen molar-refractivity contribution >= 4 is 28.5 Å². The standard InChI is InChI=1S/C25H23F2N5O3/c26-14-5-6-17(27)16(11-14)19-3-1-9-32(19)25-18(13-30-8-2-4-20(30)29-25)28-21-22(24(35)23(21)34)31-10-7-15(33)12-31/h2,4-6,8,11,13,15,19,28,33H,1,3,7,9-10,12H2/t15-,19+/m0/s1. The van der Waals surface area contributed by atoms with E-state index >= 15 is 0 Å². The van der Waals surface area contributed by atoms with Crippen molar-refractivity contribution in [3.63, 3.8) is 0 Å². The Hall–Kier alpha value is -3.79. The average Bonchev–Trinajstić information content (AvgIpc) is 3.60. The molecule has 2 aromatic carbocycles. The Kier molecular flexibility index (Phi) is 5.06. The van der Waals surface area contributed by atoms with Gasteiger partial charge in [0, 0.05) is 37.6 Å². The molecule has 10 heteroatoms. The minimum absolute atomic E-state index is 0.159. The molecular formula is C25H23F2N5O3. The molecule has 0 saturated carbocycles. The number of nitrogens with one attached hydrogen (secondary N) is 1. The number of aromatic nitrogens is 2. The Morgan fingerprint density at radius 1 is 1.09 bits per heavy atom. The van der Waals surface area contributed by atoms with Gasteiger partial charge >= 0.3 is 0 Å². The first-order chi connectivity index (χ1) is 16.9. The number of rotatable bonds is 5. The van der Waals surface area contributed by atoms with Crippen LogP contribution in [0, 0.1) is 11.6 Å². The minimum Gasteiger partial charge on any atom is -0.391 e. The maximum absolute atomic E-state index is 14.7. The first-order valence-electron chi connectivity index (χ1n) is 11.6. The van der Waals surface area contributed by atoms with Gasteiger partial charge in [-0.25, -0.2) is 13.8 Å². The van der Waals surface area contributed by atoms with Crippen molar-refractivity contribution in [1.82, 2.24) is 9.38 Å². The Morgan fingerprint density at radius 2 is 1.94 bits per heavy atom. The molecule has 4 aromatic rings. The third-order valence-corrected chi connectivity index (χ3v) is 6.95. The molecule has 0 spiro atoms. The summed E-state index contributed by atoms with van der Waals surface area (Å²) in [7, 11) is 0. The van der Waals surface area contributed by atoms with Crippen LogP contribution in [0.25, 0.3) is 5.65 Å². The van der Waals surface area contributed by atoms with Crippen LogP contribution in [0.2, 0.25) is 0 Å². The van der Waals surface area contributed by atoms with Crippen LogP contribution in [-0.2, 0) is 0 Å². The van der Waals surface area contributed by atoms with Crippen molar-refractivity contribution in [3.05, 3.63) is 80.4 Å².